The number of nitriles is 1. The molecule has 4 nitrogen and oxygen atoms in total. The van der Waals surface area contributed by atoms with Gasteiger partial charge in [-0.25, -0.2) is 4.98 Å². The first-order valence-corrected chi connectivity index (χ1v) is 7.73. The van der Waals surface area contributed by atoms with Crippen molar-refractivity contribution >= 4 is 33.3 Å². The molecule has 2 heterocycles. The molecular formula is C14H9N3OS2. The molecule has 0 saturated heterocycles. The lowest BCUT2D eigenvalue weighted by molar-refractivity contribution is 0.823. The van der Waals surface area contributed by atoms with E-state index >= 15 is 0 Å². The molecule has 0 spiro atoms. The minimum Gasteiger partial charge on any atom is -0.267 e. The first kappa shape index (κ1) is 12.9. The number of para-hydroxylation sites is 1. The minimum absolute atomic E-state index is 0.0864. The number of aromatic nitrogens is 2. The number of fused-ring (bicyclic) bond motifs is 1. The van der Waals surface area contributed by atoms with Gasteiger partial charge in [0.2, 0.25) is 0 Å². The highest BCUT2D eigenvalue weighted by atomic mass is 32.2. The molecule has 98 valence electrons. The molecule has 2 aromatic heterocycles. The van der Waals surface area contributed by atoms with E-state index in [0.29, 0.717) is 15.4 Å². The van der Waals surface area contributed by atoms with Gasteiger partial charge >= 0.3 is 0 Å². The van der Waals surface area contributed by atoms with Crippen molar-refractivity contribution in [3.63, 3.8) is 0 Å². The maximum atomic E-state index is 12.6. The monoisotopic (exact) mass is 299 g/mol. The summed E-state index contributed by atoms with van der Waals surface area (Å²) in [5.74, 6) is 0.259. The van der Waals surface area contributed by atoms with Crippen LogP contribution in [0.15, 0.2) is 51.7 Å². The van der Waals surface area contributed by atoms with Gasteiger partial charge in [0.05, 0.1) is 23.0 Å². The first-order valence-electron chi connectivity index (χ1n) is 5.86. The lowest BCUT2D eigenvalue weighted by Crippen LogP contribution is -2.20. The third-order valence-electron chi connectivity index (χ3n) is 2.73. The third kappa shape index (κ3) is 2.22. The molecule has 6 heteroatoms. The Bertz CT molecular complexity index is 846. The van der Waals surface area contributed by atoms with E-state index in [1.165, 1.54) is 23.1 Å². The van der Waals surface area contributed by atoms with Crippen LogP contribution in [0.4, 0.5) is 0 Å². The molecule has 3 rings (SSSR count). The van der Waals surface area contributed by atoms with Crippen molar-refractivity contribution in [2.24, 2.45) is 0 Å². The highest BCUT2D eigenvalue weighted by Gasteiger charge is 2.13. The van der Waals surface area contributed by atoms with E-state index in [1.807, 2.05) is 41.8 Å². The number of hydrogen-bond donors (Lipinski definition) is 0. The van der Waals surface area contributed by atoms with Crippen LogP contribution in [0, 0.1) is 11.3 Å². The van der Waals surface area contributed by atoms with E-state index in [1.54, 1.807) is 4.57 Å². The normalized spacial score (nSPS) is 10.6. The third-order valence-corrected chi connectivity index (χ3v) is 4.43. The largest absolute Gasteiger partial charge is 0.276 e. The maximum absolute atomic E-state index is 12.6. The molecule has 0 radical (unpaired) electrons. The fourth-order valence-electron chi connectivity index (χ4n) is 1.89. The number of nitrogens with zero attached hydrogens (tertiary/aromatic N) is 3. The summed E-state index contributed by atoms with van der Waals surface area (Å²) in [6.45, 7) is 0. The van der Waals surface area contributed by atoms with Gasteiger partial charge < -0.3 is 0 Å². The van der Waals surface area contributed by atoms with Gasteiger partial charge in [-0.2, -0.15) is 5.26 Å². The molecule has 0 bridgehead atoms. The van der Waals surface area contributed by atoms with Crippen molar-refractivity contribution in [1.29, 1.82) is 5.26 Å². The topological polar surface area (TPSA) is 58.7 Å². The van der Waals surface area contributed by atoms with Gasteiger partial charge in [-0.3, -0.25) is 9.36 Å². The minimum atomic E-state index is -0.0864. The molecular weight excluding hydrogens is 290 g/mol. The SMILES string of the molecule is N#CCSc1nc2ccsc2c(=O)n1-c1ccccc1. The number of thioether (sulfide) groups is 1. The van der Waals surface area contributed by atoms with Crippen LogP contribution in [0.5, 0.6) is 0 Å². The molecule has 0 aliphatic rings. The Kier molecular flexibility index (Phi) is 3.54. The Hall–Kier alpha value is -2.10. The zero-order valence-corrected chi connectivity index (χ0v) is 11.9. The Labute approximate surface area is 123 Å². The van der Waals surface area contributed by atoms with Crippen molar-refractivity contribution in [2.75, 3.05) is 5.75 Å². The van der Waals surface area contributed by atoms with Gasteiger partial charge in [0.15, 0.2) is 5.16 Å². The Balaban J connectivity index is 2.29. The fraction of sp³-hybridized carbons (Fsp3) is 0.0714. The molecule has 3 aromatic rings. The van der Waals surface area contributed by atoms with E-state index in [-0.39, 0.29) is 11.3 Å². The van der Waals surface area contributed by atoms with Gasteiger partial charge in [-0.05, 0) is 23.6 Å². The number of thiophene rings is 1. The molecule has 0 saturated carbocycles. The number of rotatable bonds is 3. The maximum Gasteiger partial charge on any atom is 0.276 e. The highest BCUT2D eigenvalue weighted by Crippen LogP contribution is 2.23. The van der Waals surface area contributed by atoms with Crippen molar-refractivity contribution in [2.45, 2.75) is 5.16 Å². The molecule has 1 aromatic carbocycles. The van der Waals surface area contributed by atoms with E-state index in [2.05, 4.69) is 11.1 Å². The average Bonchev–Trinajstić information content (AvgIpc) is 2.95. The summed E-state index contributed by atoms with van der Waals surface area (Å²) in [5.41, 5.74) is 1.37. The van der Waals surface area contributed by atoms with Crippen LogP contribution in [0.25, 0.3) is 15.9 Å². The summed E-state index contributed by atoms with van der Waals surface area (Å²) in [6.07, 6.45) is 0. The quantitative estimate of drug-likeness (QED) is 0.551. The molecule has 0 aliphatic heterocycles. The van der Waals surface area contributed by atoms with Crippen molar-refractivity contribution in [3.05, 3.63) is 52.1 Å². The lowest BCUT2D eigenvalue weighted by atomic mass is 10.3. The van der Waals surface area contributed by atoms with Gasteiger partial charge in [-0.1, -0.05) is 30.0 Å². The van der Waals surface area contributed by atoms with Crippen LogP contribution in [-0.2, 0) is 0 Å². The summed E-state index contributed by atoms with van der Waals surface area (Å²) in [4.78, 5) is 17.1. The van der Waals surface area contributed by atoms with Crippen LogP contribution in [0.2, 0.25) is 0 Å². The predicted molar refractivity (Wildman–Crippen MR) is 81.6 cm³/mol. The lowest BCUT2D eigenvalue weighted by Gasteiger charge is -2.10. The van der Waals surface area contributed by atoms with Crippen LogP contribution < -0.4 is 5.56 Å². The van der Waals surface area contributed by atoms with Gasteiger partial charge in [0.1, 0.15) is 4.70 Å². The zero-order chi connectivity index (χ0) is 13.9. The van der Waals surface area contributed by atoms with E-state index in [4.69, 9.17) is 5.26 Å². The summed E-state index contributed by atoms with van der Waals surface area (Å²) in [7, 11) is 0. The molecule has 0 fully saturated rings. The molecule has 0 atom stereocenters. The van der Waals surface area contributed by atoms with Crippen LogP contribution >= 0.6 is 23.1 Å². The number of hydrogen-bond acceptors (Lipinski definition) is 5. The van der Waals surface area contributed by atoms with E-state index < -0.39 is 0 Å². The Morgan fingerprint density at radius 3 is 2.85 bits per heavy atom. The summed E-state index contributed by atoms with van der Waals surface area (Å²) < 4.78 is 2.20. The van der Waals surface area contributed by atoms with Crippen LogP contribution in [0.3, 0.4) is 0 Å². The Morgan fingerprint density at radius 2 is 2.10 bits per heavy atom. The first-order chi connectivity index (χ1) is 9.81. The standard InChI is InChI=1S/C14H9N3OS2/c15-7-9-20-14-16-11-6-8-19-12(11)13(18)17(14)10-4-2-1-3-5-10/h1-6,8H,9H2. The van der Waals surface area contributed by atoms with Crippen LogP contribution in [0.1, 0.15) is 0 Å². The van der Waals surface area contributed by atoms with Gasteiger partial charge in [0, 0.05) is 0 Å². The summed E-state index contributed by atoms with van der Waals surface area (Å²) >= 11 is 2.65. The Morgan fingerprint density at radius 1 is 1.30 bits per heavy atom. The van der Waals surface area contributed by atoms with Crippen LogP contribution in [-0.4, -0.2) is 15.3 Å². The molecule has 0 amide bonds. The second kappa shape index (κ2) is 5.49. The van der Waals surface area contributed by atoms with Crippen molar-refractivity contribution < 1.29 is 0 Å². The second-order valence-corrected chi connectivity index (χ2v) is 5.81. The summed E-state index contributed by atoms with van der Waals surface area (Å²) in [5, 5.41) is 11.2. The predicted octanol–water partition coefficient (Wildman–Crippen LogP) is 3.06. The highest BCUT2D eigenvalue weighted by molar-refractivity contribution is 7.99. The van der Waals surface area contributed by atoms with Gasteiger partial charge in [0.25, 0.3) is 5.56 Å². The molecule has 0 N–H and O–H groups in total. The smallest absolute Gasteiger partial charge is 0.267 e. The van der Waals surface area contributed by atoms with E-state index in [9.17, 15) is 4.79 Å². The fourth-order valence-corrected chi connectivity index (χ4v) is 3.32. The van der Waals surface area contributed by atoms with Gasteiger partial charge in [-0.15, -0.1) is 11.3 Å². The zero-order valence-electron chi connectivity index (χ0n) is 10.3. The molecule has 0 unspecified atom stereocenters. The summed E-state index contributed by atoms with van der Waals surface area (Å²) in [6, 6.07) is 13.3. The van der Waals surface area contributed by atoms with Crippen molar-refractivity contribution in [1.82, 2.24) is 9.55 Å². The van der Waals surface area contributed by atoms with Crippen molar-refractivity contribution in [3.8, 4) is 11.8 Å². The van der Waals surface area contributed by atoms with E-state index in [0.717, 1.165) is 5.69 Å². The number of benzene rings is 1. The molecule has 0 aliphatic carbocycles. The molecule has 20 heavy (non-hydrogen) atoms. The second-order valence-electron chi connectivity index (χ2n) is 3.95. The average molecular weight is 299 g/mol.